The Morgan fingerprint density at radius 1 is 1.14 bits per heavy atom. The lowest BCUT2D eigenvalue weighted by atomic mass is 10.1. The zero-order valence-electron chi connectivity index (χ0n) is 11.8. The van der Waals surface area contributed by atoms with Crippen LogP contribution in [0.1, 0.15) is 36.0 Å². The van der Waals surface area contributed by atoms with Crippen molar-refractivity contribution >= 4 is 21.7 Å². The van der Waals surface area contributed by atoms with Gasteiger partial charge >= 0.3 is 0 Å². The maximum absolute atomic E-state index is 11.9. The first kappa shape index (κ1) is 15.5. The third-order valence-corrected chi connectivity index (χ3v) is 4.66. The van der Waals surface area contributed by atoms with Gasteiger partial charge < -0.3 is 0 Å². The Balaban J connectivity index is 1.99. The Morgan fingerprint density at radius 2 is 1.81 bits per heavy atom. The number of sulfone groups is 1. The third-order valence-electron chi connectivity index (χ3n) is 3.55. The average molecular weight is 310 g/mol. The Morgan fingerprint density at radius 3 is 2.43 bits per heavy atom. The van der Waals surface area contributed by atoms with Crippen LogP contribution in [-0.2, 0) is 14.6 Å². The molecule has 0 heterocycles. The molecule has 0 spiro atoms. The lowest BCUT2D eigenvalue weighted by Gasteiger charge is -2.11. The number of amides is 2. The lowest BCUT2D eigenvalue weighted by Crippen LogP contribution is -2.44. The van der Waals surface area contributed by atoms with E-state index < -0.39 is 15.7 Å². The van der Waals surface area contributed by atoms with Crippen molar-refractivity contribution in [2.24, 2.45) is 5.92 Å². The molecule has 0 atom stereocenters. The molecule has 1 saturated carbocycles. The minimum atomic E-state index is -3.37. The van der Waals surface area contributed by atoms with Crippen molar-refractivity contribution in [3.05, 3.63) is 29.8 Å². The lowest BCUT2D eigenvalue weighted by molar-refractivity contribution is -0.125. The molecular formula is C14H18N2O4S. The largest absolute Gasteiger partial charge is 0.273 e. The van der Waals surface area contributed by atoms with E-state index in [1.165, 1.54) is 24.3 Å². The topological polar surface area (TPSA) is 92.3 Å². The van der Waals surface area contributed by atoms with Crippen LogP contribution in [-0.4, -0.2) is 26.5 Å². The molecule has 114 valence electrons. The molecule has 0 saturated heterocycles. The molecule has 1 aromatic carbocycles. The van der Waals surface area contributed by atoms with Crippen LogP contribution in [0.3, 0.4) is 0 Å². The Bertz CT molecular complexity index is 649. The molecule has 7 heteroatoms. The summed E-state index contributed by atoms with van der Waals surface area (Å²) >= 11 is 0. The third kappa shape index (κ3) is 4.04. The summed E-state index contributed by atoms with van der Waals surface area (Å²) in [7, 11) is -3.37. The number of benzene rings is 1. The van der Waals surface area contributed by atoms with E-state index in [0.717, 1.165) is 31.9 Å². The standard InChI is InChI=1S/C14H18N2O4S/c1-21(19,20)12-8-4-7-11(9-12)14(18)16-15-13(17)10-5-2-3-6-10/h4,7-10H,2-3,5-6H2,1H3,(H,15,17)(H,16,18). The van der Waals surface area contributed by atoms with Crippen molar-refractivity contribution < 1.29 is 18.0 Å². The van der Waals surface area contributed by atoms with Gasteiger partial charge in [0.1, 0.15) is 0 Å². The van der Waals surface area contributed by atoms with Crippen molar-refractivity contribution in [3.8, 4) is 0 Å². The van der Waals surface area contributed by atoms with Gasteiger partial charge in [-0.3, -0.25) is 20.4 Å². The minimum Gasteiger partial charge on any atom is -0.273 e. The fourth-order valence-corrected chi connectivity index (χ4v) is 3.02. The summed E-state index contributed by atoms with van der Waals surface area (Å²) in [5.74, 6) is -0.778. The van der Waals surface area contributed by atoms with E-state index in [2.05, 4.69) is 10.9 Å². The first-order valence-corrected chi connectivity index (χ1v) is 8.67. The van der Waals surface area contributed by atoms with Crippen LogP contribution < -0.4 is 10.9 Å². The molecule has 0 bridgehead atoms. The number of hydrogen-bond acceptors (Lipinski definition) is 4. The van der Waals surface area contributed by atoms with Crippen molar-refractivity contribution in [1.82, 2.24) is 10.9 Å². The van der Waals surface area contributed by atoms with Gasteiger partial charge in [-0.1, -0.05) is 18.9 Å². The average Bonchev–Trinajstić information content (AvgIpc) is 2.98. The van der Waals surface area contributed by atoms with Crippen LogP contribution in [0, 0.1) is 5.92 Å². The van der Waals surface area contributed by atoms with Gasteiger partial charge in [0.25, 0.3) is 5.91 Å². The van der Waals surface area contributed by atoms with Crippen molar-refractivity contribution in [2.75, 3.05) is 6.26 Å². The Hall–Kier alpha value is -1.89. The molecule has 6 nitrogen and oxygen atoms in total. The van der Waals surface area contributed by atoms with Gasteiger partial charge in [0.05, 0.1) is 4.90 Å². The van der Waals surface area contributed by atoms with Crippen molar-refractivity contribution in [1.29, 1.82) is 0 Å². The molecule has 2 N–H and O–H groups in total. The molecule has 0 radical (unpaired) electrons. The predicted molar refractivity (Wildman–Crippen MR) is 77.1 cm³/mol. The van der Waals surface area contributed by atoms with Crippen LogP contribution in [0.25, 0.3) is 0 Å². The summed E-state index contributed by atoms with van der Waals surface area (Å²) in [6, 6.07) is 5.69. The van der Waals surface area contributed by atoms with E-state index in [1.807, 2.05) is 0 Å². The van der Waals surface area contributed by atoms with Crippen LogP contribution >= 0.6 is 0 Å². The monoisotopic (exact) mass is 310 g/mol. The highest BCUT2D eigenvalue weighted by molar-refractivity contribution is 7.90. The molecule has 21 heavy (non-hydrogen) atoms. The number of rotatable bonds is 3. The first-order valence-electron chi connectivity index (χ1n) is 6.78. The van der Waals surface area contributed by atoms with Crippen LogP contribution in [0.4, 0.5) is 0 Å². The number of hydrazine groups is 1. The quantitative estimate of drug-likeness (QED) is 0.816. The molecule has 2 amide bonds. The summed E-state index contributed by atoms with van der Waals surface area (Å²) in [5, 5.41) is 0. The molecule has 2 rings (SSSR count). The highest BCUT2D eigenvalue weighted by atomic mass is 32.2. The Kier molecular flexibility index (Phi) is 4.62. The van der Waals surface area contributed by atoms with Crippen molar-refractivity contribution in [3.63, 3.8) is 0 Å². The van der Waals surface area contributed by atoms with Gasteiger partial charge in [0.2, 0.25) is 5.91 Å². The van der Waals surface area contributed by atoms with Gasteiger partial charge in [-0.15, -0.1) is 0 Å². The highest BCUT2D eigenvalue weighted by Gasteiger charge is 2.23. The van der Waals surface area contributed by atoms with E-state index in [-0.39, 0.29) is 22.3 Å². The SMILES string of the molecule is CS(=O)(=O)c1cccc(C(=O)NNC(=O)C2CCCC2)c1. The summed E-state index contributed by atoms with van der Waals surface area (Å²) in [6.07, 6.45) is 4.81. The van der Waals surface area contributed by atoms with Gasteiger partial charge in [-0.25, -0.2) is 8.42 Å². The molecule has 0 aliphatic heterocycles. The number of nitrogens with one attached hydrogen (secondary N) is 2. The Labute approximate surface area is 123 Å². The maximum Gasteiger partial charge on any atom is 0.269 e. The van der Waals surface area contributed by atoms with E-state index in [0.29, 0.717) is 0 Å². The molecule has 1 aliphatic rings. The first-order chi connectivity index (χ1) is 9.88. The molecule has 1 aliphatic carbocycles. The van der Waals surface area contributed by atoms with Crippen LogP contribution in [0.15, 0.2) is 29.2 Å². The second kappa shape index (κ2) is 6.26. The second-order valence-electron chi connectivity index (χ2n) is 5.22. The van der Waals surface area contributed by atoms with E-state index >= 15 is 0 Å². The normalized spacial score (nSPS) is 15.7. The van der Waals surface area contributed by atoms with Gasteiger partial charge in [-0.2, -0.15) is 0 Å². The number of hydrogen-bond donors (Lipinski definition) is 2. The molecule has 1 fully saturated rings. The highest BCUT2D eigenvalue weighted by Crippen LogP contribution is 2.24. The molecule has 1 aromatic rings. The zero-order chi connectivity index (χ0) is 15.5. The summed E-state index contributed by atoms with van der Waals surface area (Å²) in [6.45, 7) is 0. The number of carbonyl (C=O) groups is 2. The summed E-state index contributed by atoms with van der Waals surface area (Å²) in [5.41, 5.74) is 4.90. The smallest absolute Gasteiger partial charge is 0.269 e. The van der Waals surface area contributed by atoms with E-state index in [9.17, 15) is 18.0 Å². The summed E-state index contributed by atoms with van der Waals surface area (Å²) < 4.78 is 22.9. The van der Waals surface area contributed by atoms with E-state index in [1.54, 1.807) is 0 Å². The zero-order valence-corrected chi connectivity index (χ0v) is 12.6. The van der Waals surface area contributed by atoms with Gasteiger partial charge in [-0.05, 0) is 31.0 Å². The molecular weight excluding hydrogens is 292 g/mol. The number of carbonyl (C=O) groups excluding carboxylic acids is 2. The molecule has 0 aromatic heterocycles. The van der Waals surface area contributed by atoms with Gasteiger partial charge in [0, 0.05) is 17.7 Å². The van der Waals surface area contributed by atoms with Crippen LogP contribution in [0.5, 0.6) is 0 Å². The predicted octanol–water partition coefficient (Wildman–Crippen LogP) is 1.04. The van der Waals surface area contributed by atoms with Crippen molar-refractivity contribution in [2.45, 2.75) is 30.6 Å². The fraction of sp³-hybridized carbons (Fsp3) is 0.429. The fourth-order valence-electron chi connectivity index (χ4n) is 2.35. The van der Waals surface area contributed by atoms with Gasteiger partial charge in [0.15, 0.2) is 9.84 Å². The second-order valence-corrected chi connectivity index (χ2v) is 7.24. The summed E-state index contributed by atoms with van der Waals surface area (Å²) in [4.78, 5) is 23.8. The maximum atomic E-state index is 11.9. The molecule has 0 unspecified atom stereocenters. The van der Waals surface area contributed by atoms with E-state index in [4.69, 9.17) is 0 Å². The van der Waals surface area contributed by atoms with Crippen LogP contribution in [0.2, 0.25) is 0 Å². The minimum absolute atomic E-state index is 0.0485.